The number of carboxylic acid groups (broad SMARTS) is 1. The maximum atomic E-state index is 11.1. The van der Waals surface area contributed by atoms with Crippen LogP contribution in [0.15, 0.2) is 73.4 Å². The first-order valence-corrected chi connectivity index (χ1v) is 5.20. The van der Waals surface area contributed by atoms with Crippen LogP contribution in [0, 0.1) is 0 Å². The molecule has 2 nitrogen and oxygen atoms in total. The van der Waals surface area contributed by atoms with Crippen LogP contribution in [0.4, 0.5) is 0 Å². The van der Waals surface area contributed by atoms with E-state index in [0.717, 1.165) is 0 Å². The predicted molar refractivity (Wildman–Crippen MR) is 70.5 cm³/mol. The second kappa shape index (κ2) is 7.01. The summed E-state index contributed by atoms with van der Waals surface area (Å²) in [5, 5.41) is 9.09. The second-order valence-corrected chi connectivity index (χ2v) is 3.26. The Kier molecular flexibility index (Phi) is 5.25. The summed E-state index contributed by atoms with van der Waals surface area (Å²) in [4.78, 5) is 11.1. The van der Waals surface area contributed by atoms with Crippen molar-refractivity contribution in [2.45, 2.75) is 0 Å². The molecule has 0 unspecified atom stereocenters. The Balaban J connectivity index is 2.91. The lowest BCUT2D eigenvalue weighted by atomic mass is 10.1. The van der Waals surface area contributed by atoms with Gasteiger partial charge in [0.1, 0.15) is 0 Å². The standard InChI is InChI=1S/C15H14O2/c1-2-3-4-5-9-12-14(15(16)17)13-10-7-6-8-11-13/h2-12H,1H2,(H,16,17). The van der Waals surface area contributed by atoms with E-state index in [1.807, 2.05) is 18.2 Å². The average molecular weight is 226 g/mol. The number of hydrogen-bond donors (Lipinski definition) is 1. The van der Waals surface area contributed by atoms with Crippen LogP contribution in [-0.4, -0.2) is 11.1 Å². The van der Waals surface area contributed by atoms with Crippen LogP contribution in [0.1, 0.15) is 5.56 Å². The average Bonchev–Trinajstić information content (AvgIpc) is 2.34. The molecule has 1 aromatic carbocycles. The Bertz CT molecular complexity index is 465. The zero-order valence-electron chi connectivity index (χ0n) is 9.41. The zero-order chi connectivity index (χ0) is 12.5. The fourth-order valence-corrected chi connectivity index (χ4v) is 1.27. The number of allylic oxidation sites excluding steroid dienone is 6. The fourth-order valence-electron chi connectivity index (χ4n) is 1.27. The van der Waals surface area contributed by atoms with Gasteiger partial charge in [0.2, 0.25) is 0 Å². The Morgan fingerprint density at radius 2 is 1.71 bits per heavy atom. The van der Waals surface area contributed by atoms with Crippen LogP contribution in [0.5, 0.6) is 0 Å². The monoisotopic (exact) mass is 226 g/mol. The maximum Gasteiger partial charge on any atom is 0.336 e. The molecule has 2 heteroatoms. The third-order valence-electron chi connectivity index (χ3n) is 2.05. The molecule has 86 valence electrons. The molecule has 0 saturated heterocycles. The molecule has 0 atom stereocenters. The zero-order valence-corrected chi connectivity index (χ0v) is 9.41. The highest BCUT2D eigenvalue weighted by molar-refractivity contribution is 6.15. The van der Waals surface area contributed by atoms with Crippen LogP contribution in [0.3, 0.4) is 0 Å². The number of carboxylic acids is 1. The molecule has 1 aromatic rings. The molecule has 0 aliphatic carbocycles. The number of rotatable bonds is 5. The molecule has 0 bridgehead atoms. The summed E-state index contributed by atoms with van der Waals surface area (Å²) in [6.07, 6.45) is 10.2. The molecule has 0 aromatic heterocycles. The summed E-state index contributed by atoms with van der Waals surface area (Å²) >= 11 is 0. The van der Waals surface area contributed by atoms with Crippen LogP contribution in [0.2, 0.25) is 0 Å². The third kappa shape index (κ3) is 4.34. The van der Waals surface area contributed by atoms with E-state index in [0.29, 0.717) is 5.56 Å². The van der Waals surface area contributed by atoms with Gasteiger partial charge < -0.3 is 5.11 Å². The van der Waals surface area contributed by atoms with Crippen molar-refractivity contribution >= 4 is 11.5 Å². The molecule has 0 heterocycles. The molecule has 17 heavy (non-hydrogen) atoms. The Labute approximate surface area is 101 Å². The minimum absolute atomic E-state index is 0.272. The number of aliphatic carboxylic acids is 1. The van der Waals surface area contributed by atoms with Gasteiger partial charge in [0.15, 0.2) is 0 Å². The number of benzene rings is 1. The molecule has 0 aliphatic heterocycles. The summed E-state index contributed by atoms with van der Waals surface area (Å²) in [7, 11) is 0. The van der Waals surface area contributed by atoms with E-state index >= 15 is 0 Å². The van der Waals surface area contributed by atoms with E-state index in [1.165, 1.54) is 0 Å². The minimum Gasteiger partial charge on any atom is -0.478 e. The van der Waals surface area contributed by atoms with Crippen molar-refractivity contribution in [3.63, 3.8) is 0 Å². The van der Waals surface area contributed by atoms with Gasteiger partial charge >= 0.3 is 5.97 Å². The number of hydrogen-bond acceptors (Lipinski definition) is 1. The van der Waals surface area contributed by atoms with E-state index in [2.05, 4.69) is 6.58 Å². The normalized spacial score (nSPS) is 12.1. The quantitative estimate of drug-likeness (QED) is 0.616. The fraction of sp³-hybridized carbons (Fsp3) is 0. The Morgan fingerprint density at radius 1 is 1.06 bits per heavy atom. The second-order valence-electron chi connectivity index (χ2n) is 3.26. The summed E-state index contributed by atoms with van der Waals surface area (Å²) in [5.41, 5.74) is 0.964. The highest BCUT2D eigenvalue weighted by Crippen LogP contribution is 2.14. The van der Waals surface area contributed by atoms with Crippen molar-refractivity contribution in [3.05, 3.63) is 78.9 Å². The van der Waals surface area contributed by atoms with Gasteiger partial charge in [0.05, 0.1) is 5.57 Å². The molecule has 0 spiro atoms. The van der Waals surface area contributed by atoms with E-state index in [9.17, 15) is 4.79 Å². The van der Waals surface area contributed by atoms with Gasteiger partial charge in [-0.3, -0.25) is 0 Å². The SMILES string of the molecule is C=CC=CC=CC=C(C(=O)O)c1ccccc1. The van der Waals surface area contributed by atoms with Gasteiger partial charge in [-0.25, -0.2) is 4.79 Å². The topological polar surface area (TPSA) is 37.3 Å². The van der Waals surface area contributed by atoms with Crippen LogP contribution in [0.25, 0.3) is 5.57 Å². The highest BCUT2D eigenvalue weighted by Gasteiger charge is 2.07. The van der Waals surface area contributed by atoms with Crippen molar-refractivity contribution in [3.8, 4) is 0 Å². The largest absolute Gasteiger partial charge is 0.478 e. The predicted octanol–water partition coefficient (Wildman–Crippen LogP) is 3.45. The van der Waals surface area contributed by atoms with E-state index in [4.69, 9.17) is 5.11 Å². The first-order valence-electron chi connectivity index (χ1n) is 5.20. The molecule has 0 fully saturated rings. The molecule has 1 rings (SSSR count). The van der Waals surface area contributed by atoms with Crippen molar-refractivity contribution in [1.82, 2.24) is 0 Å². The van der Waals surface area contributed by atoms with Gasteiger partial charge in [0, 0.05) is 0 Å². The minimum atomic E-state index is -0.937. The van der Waals surface area contributed by atoms with Gasteiger partial charge in [-0.1, -0.05) is 67.3 Å². The molecule has 0 amide bonds. The van der Waals surface area contributed by atoms with Gasteiger partial charge in [-0.05, 0) is 11.6 Å². The highest BCUT2D eigenvalue weighted by atomic mass is 16.4. The van der Waals surface area contributed by atoms with Crippen molar-refractivity contribution in [2.24, 2.45) is 0 Å². The van der Waals surface area contributed by atoms with Gasteiger partial charge in [-0.15, -0.1) is 0 Å². The van der Waals surface area contributed by atoms with E-state index in [-0.39, 0.29) is 5.57 Å². The molecular formula is C15H14O2. The summed E-state index contributed by atoms with van der Waals surface area (Å²) < 4.78 is 0. The summed E-state index contributed by atoms with van der Waals surface area (Å²) in [5.74, 6) is -0.937. The lowest BCUT2D eigenvalue weighted by molar-refractivity contribution is -0.130. The lowest BCUT2D eigenvalue weighted by Gasteiger charge is -2.00. The van der Waals surface area contributed by atoms with Crippen LogP contribution >= 0.6 is 0 Å². The smallest absolute Gasteiger partial charge is 0.336 e. The van der Waals surface area contributed by atoms with Crippen molar-refractivity contribution in [2.75, 3.05) is 0 Å². The van der Waals surface area contributed by atoms with Crippen molar-refractivity contribution < 1.29 is 9.90 Å². The Hall–Kier alpha value is -2.35. The van der Waals surface area contributed by atoms with E-state index < -0.39 is 5.97 Å². The van der Waals surface area contributed by atoms with Crippen molar-refractivity contribution in [1.29, 1.82) is 0 Å². The third-order valence-corrected chi connectivity index (χ3v) is 2.05. The van der Waals surface area contributed by atoms with Crippen LogP contribution < -0.4 is 0 Å². The molecule has 1 N–H and O–H groups in total. The lowest BCUT2D eigenvalue weighted by Crippen LogP contribution is -1.98. The number of carbonyl (C=O) groups is 1. The maximum absolute atomic E-state index is 11.1. The molecule has 0 saturated carbocycles. The summed E-state index contributed by atoms with van der Waals surface area (Å²) in [6, 6.07) is 9.02. The molecular weight excluding hydrogens is 212 g/mol. The van der Waals surface area contributed by atoms with Crippen LogP contribution in [-0.2, 0) is 4.79 Å². The van der Waals surface area contributed by atoms with Gasteiger partial charge in [-0.2, -0.15) is 0 Å². The molecule has 0 aliphatic rings. The van der Waals surface area contributed by atoms with E-state index in [1.54, 1.807) is 48.6 Å². The molecule has 0 radical (unpaired) electrons. The Morgan fingerprint density at radius 3 is 2.29 bits per heavy atom. The summed E-state index contributed by atoms with van der Waals surface area (Å²) in [6.45, 7) is 3.54. The van der Waals surface area contributed by atoms with Gasteiger partial charge in [0.25, 0.3) is 0 Å². The first kappa shape index (κ1) is 12.7. The first-order chi connectivity index (χ1) is 8.25.